The summed E-state index contributed by atoms with van der Waals surface area (Å²) < 4.78 is 25.1. The van der Waals surface area contributed by atoms with Crippen LogP contribution in [-0.4, -0.2) is 43.8 Å². The van der Waals surface area contributed by atoms with Crippen LogP contribution in [-0.2, 0) is 14.6 Å². The second kappa shape index (κ2) is 6.36. The third kappa shape index (κ3) is 3.34. The molecular formula is C13H23NO3S. The summed E-state index contributed by atoms with van der Waals surface area (Å²) in [7, 11) is -0.209. The van der Waals surface area contributed by atoms with Gasteiger partial charge in [-0.05, 0) is 19.3 Å². The Morgan fingerprint density at radius 3 is 2.33 bits per heavy atom. The van der Waals surface area contributed by atoms with E-state index in [1.807, 2.05) is 0 Å². The Balaban J connectivity index is 2.95. The molecule has 1 saturated carbocycles. The first-order valence-corrected chi connectivity index (χ1v) is 8.07. The smallest absolute Gasteiger partial charge is 0.240 e. The van der Waals surface area contributed by atoms with Crippen LogP contribution in [0.5, 0.6) is 0 Å². The Kier molecular flexibility index (Phi) is 5.38. The molecule has 0 spiro atoms. The monoisotopic (exact) mass is 273 g/mol. The molecule has 1 atom stereocenters. The summed E-state index contributed by atoms with van der Waals surface area (Å²) in [6.45, 7) is 3.57. The summed E-state index contributed by atoms with van der Waals surface area (Å²) >= 11 is 0. The molecule has 0 N–H and O–H groups in total. The van der Waals surface area contributed by atoms with Crippen molar-refractivity contribution in [1.82, 2.24) is 4.90 Å². The van der Waals surface area contributed by atoms with E-state index in [1.54, 1.807) is 14.1 Å². The highest BCUT2D eigenvalue weighted by Gasteiger charge is 2.38. The van der Waals surface area contributed by atoms with Gasteiger partial charge in [-0.3, -0.25) is 4.79 Å². The van der Waals surface area contributed by atoms with E-state index in [-0.39, 0.29) is 17.6 Å². The molecule has 1 aliphatic rings. The molecule has 0 aromatic rings. The molecule has 0 saturated heterocycles. The molecule has 0 radical (unpaired) electrons. The van der Waals surface area contributed by atoms with Gasteiger partial charge in [-0.2, -0.15) is 0 Å². The van der Waals surface area contributed by atoms with Crippen molar-refractivity contribution in [2.24, 2.45) is 0 Å². The van der Waals surface area contributed by atoms with E-state index in [4.69, 9.17) is 0 Å². The van der Waals surface area contributed by atoms with Crippen LogP contribution < -0.4 is 0 Å². The standard InChI is InChI=1S/C13H23NO3S/c1-4-8-12(13(15)14(2)3)18(16,17)11-9-6-5-7-10-11/h4,11-12H,1,5-10H2,2-3H3/t12-/m0/s1. The van der Waals surface area contributed by atoms with Crippen molar-refractivity contribution in [2.75, 3.05) is 14.1 Å². The number of allylic oxidation sites excluding steroid dienone is 1. The van der Waals surface area contributed by atoms with Crippen molar-refractivity contribution >= 4 is 15.7 Å². The van der Waals surface area contributed by atoms with E-state index < -0.39 is 15.1 Å². The van der Waals surface area contributed by atoms with E-state index in [0.717, 1.165) is 19.3 Å². The van der Waals surface area contributed by atoms with Crippen molar-refractivity contribution < 1.29 is 13.2 Å². The topological polar surface area (TPSA) is 54.5 Å². The second-order valence-corrected chi connectivity index (χ2v) is 7.51. The molecular weight excluding hydrogens is 250 g/mol. The van der Waals surface area contributed by atoms with E-state index in [0.29, 0.717) is 12.8 Å². The van der Waals surface area contributed by atoms with Gasteiger partial charge < -0.3 is 4.90 Å². The number of carbonyl (C=O) groups is 1. The lowest BCUT2D eigenvalue weighted by Crippen LogP contribution is -2.43. The normalized spacial score (nSPS) is 19.2. The van der Waals surface area contributed by atoms with E-state index in [9.17, 15) is 13.2 Å². The summed E-state index contributed by atoms with van der Waals surface area (Å²) in [5.74, 6) is -0.333. The zero-order valence-corrected chi connectivity index (χ0v) is 12.1. The quantitative estimate of drug-likeness (QED) is 0.717. The molecule has 0 aromatic carbocycles. The SMILES string of the molecule is C=CC[C@@H](C(=O)N(C)C)S(=O)(=O)C1CCCCC1. The van der Waals surface area contributed by atoms with Gasteiger partial charge in [0, 0.05) is 14.1 Å². The lowest BCUT2D eigenvalue weighted by atomic mass is 10.0. The van der Waals surface area contributed by atoms with Gasteiger partial charge in [-0.25, -0.2) is 8.42 Å². The molecule has 18 heavy (non-hydrogen) atoms. The maximum Gasteiger partial charge on any atom is 0.240 e. The van der Waals surface area contributed by atoms with E-state index in [1.165, 1.54) is 11.0 Å². The van der Waals surface area contributed by atoms with Crippen molar-refractivity contribution in [3.8, 4) is 0 Å². The highest BCUT2D eigenvalue weighted by atomic mass is 32.2. The number of hydrogen-bond acceptors (Lipinski definition) is 3. The van der Waals surface area contributed by atoms with Gasteiger partial charge >= 0.3 is 0 Å². The number of hydrogen-bond donors (Lipinski definition) is 0. The molecule has 4 nitrogen and oxygen atoms in total. The number of amides is 1. The van der Waals surface area contributed by atoms with Gasteiger partial charge in [0.15, 0.2) is 9.84 Å². The summed E-state index contributed by atoms with van der Waals surface area (Å²) in [5, 5.41) is -1.30. The number of nitrogens with zero attached hydrogens (tertiary/aromatic N) is 1. The second-order valence-electron chi connectivity index (χ2n) is 5.09. The third-order valence-electron chi connectivity index (χ3n) is 3.51. The van der Waals surface area contributed by atoms with Crippen LogP contribution in [0.25, 0.3) is 0 Å². The summed E-state index contributed by atoms with van der Waals surface area (Å²) in [5.41, 5.74) is 0. The van der Waals surface area contributed by atoms with Crippen LogP contribution in [0.1, 0.15) is 38.5 Å². The number of carbonyl (C=O) groups excluding carboxylic acids is 1. The summed E-state index contributed by atoms with van der Waals surface area (Å²) in [4.78, 5) is 13.4. The Hall–Kier alpha value is -0.840. The van der Waals surface area contributed by atoms with Crippen LogP contribution in [0.3, 0.4) is 0 Å². The maximum atomic E-state index is 12.5. The largest absolute Gasteiger partial charge is 0.348 e. The molecule has 0 aromatic heterocycles. The lowest BCUT2D eigenvalue weighted by Gasteiger charge is -2.27. The first-order chi connectivity index (χ1) is 8.41. The minimum Gasteiger partial charge on any atom is -0.348 e. The molecule has 1 amide bonds. The van der Waals surface area contributed by atoms with Crippen LogP contribution in [0.2, 0.25) is 0 Å². The molecule has 1 aliphatic carbocycles. The highest BCUT2D eigenvalue weighted by Crippen LogP contribution is 2.28. The van der Waals surface area contributed by atoms with Crippen molar-refractivity contribution in [2.45, 2.75) is 49.0 Å². The van der Waals surface area contributed by atoms with Crippen molar-refractivity contribution in [1.29, 1.82) is 0 Å². The van der Waals surface area contributed by atoms with Gasteiger partial charge in [-0.15, -0.1) is 6.58 Å². The minimum atomic E-state index is -3.39. The zero-order chi connectivity index (χ0) is 13.8. The molecule has 104 valence electrons. The first kappa shape index (κ1) is 15.2. The Labute approximate surface area is 110 Å². The Morgan fingerprint density at radius 2 is 1.89 bits per heavy atom. The predicted octanol–water partition coefficient (Wildman–Crippen LogP) is 1.77. The van der Waals surface area contributed by atoms with Crippen LogP contribution in [0, 0.1) is 0 Å². The van der Waals surface area contributed by atoms with Crippen molar-refractivity contribution in [3.63, 3.8) is 0 Å². The molecule has 0 aliphatic heterocycles. The van der Waals surface area contributed by atoms with Gasteiger partial charge in [0.2, 0.25) is 5.91 Å². The van der Waals surface area contributed by atoms with Gasteiger partial charge in [0.05, 0.1) is 5.25 Å². The van der Waals surface area contributed by atoms with Crippen LogP contribution in [0.15, 0.2) is 12.7 Å². The molecule has 0 unspecified atom stereocenters. The fourth-order valence-corrected chi connectivity index (χ4v) is 4.79. The summed E-state index contributed by atoms with van der Waals surface area (Å²) in [6, 6.07) is 0. The predicted molar refractivity (Wildman–Crippen MR) is 73.1 cm³/mol. The molecule has 1 rings (SSSR count). The Bertz CT molecular complexity index is 394. The summed E-state index contributed by atoms with van der Waals surface area (Å²) in [6.07, 6.45) is 6.09. The van der Waals surface area contributed by atoms with E-state index in [2.05, 4.69) is 6.58 Å². The molecule has 0 heterocycles. The van der Waals surface area contributed by atoms with Crippen LogP contribution in [0.4, 0.5) is 0 Å². The maximum absolute atomic E-state index is 12.5. The Morgan fingerprint density at radius 1 is 1.33 bits per heavy atom. The zero-order valence-electron chi connectivity index (χ0n) is 11.3. The average Bonchev–Trinajstić information content (AvgIpc) is 2.36. The minimum absolute atomic E-state index is 0.204. The van der Waals surface area contributed by atoms with Gasteiger partial charge in [0.25, 0.3) is 0 Å². The third-order valence-corrected chi connectivity index (χ3v) is 6.10. The van der Waals surface area contributed by atoms with Gasteiger partial charge in [0.1, 0.15) is 5.25 Å². The number of sulfone groups is 1. The molecule has 5 heteroatoms. The van der Waals surface area contributed by atoms with Crippen molar-refractivity contribution in [3.05, 3.63) is 12.7 Å². The fraction of sp³-hybridized carbons (Fsp3) is 0.769. The average molecular weight is 273 g/mol. The number of rotatable bonds is 5. The highest BCUT2D eigenvalue weighted by molar-refractivity contribution is 7.93. The van der Waals surface area contributed by atoms with Crippen LogP contribution >= 0.6 is 0 Å². The van der Waals surface area contributed by atoms with E-state index >= 15 is 0 Å². The molecule has 0 bridgehead atoms. The van der Waals surface area contributed by atoms with Gasteiger partial charge in [-0.1, -0.05) is 25.3 Å². The lowest BCUT2D eigenvalue weighted by molar-refractivity contribution is -0.128. The molecule has 1 fully saturated rings. The fourth-order valence-electron chi connectivity index (χ4n) is 2.44. The first-order valence-electron chi connectivity index (χ1n) is 6.46.